The van der Waals surface area contributed by atoms with E-state index >= 15 is 0 Å². The molecule has 0 saturated heterocycles. The Labute approximate surface area is 129 Å². The van der Waals surface area contributed by atoms with Gasteiger partial charge < -0.3 is 10.1 Å². The molecule has 0 aliphatic rings. The van der Waals surface area contributed by atoms with Crippen LogP contribution in [0.1, 0.15) is 30.5 Å². The highest BCUT2D eigenvalue weighted by atomic mass is 79.9. The molecule has 1 atom stereocenters. The van der Waals surface area contributed by atoms with Crippen LogP contribution in [0.15, 0.2) is 46.9 Å². The Morgan fingerprint density at radius 1 is 1.20 bits per heavy atom. The van der Waals surface area contributed by atoms with Gasteiger partial charge in [-0.3, -0.25) is 0 Å². The van der Waals surface area contributed by atoms with Crippen LogP contribution < -0.4 is 10.1 Å². The molecule has 0 amide bonds. The van der Waals surface area contributed by atoms with E-state index in [1.54, 1.807) is 7.11 Å². The van der Waals surface area contributed by atoms with Gasteiger partial charge in [0.1, 0.15) is 5.75 Å². The van der Waals surface area contributed by atoms with Crippen LogP contribution in [0.5, 0.6) is 5.75 Å². The van der Waals surface area contributed by atoms with Gasteiger partial charge in [0.25, 0.3) is 0 Å². The van der Waals surface area contributed by atoms with E-state index in [-0.39, 0.29) is 6.04 Å². The van der Waals surface area contributed by atoms with Gasteiger partial charge in [-0.15, -0.1) is 0 Å². The lowest BCUT2D eigenvalue weighted by molar-refractivity contribution is 0.406. The van der Waals surface area contributed by atoms with Crippen LogP contribution in [0, 0.1) is 6.92 Å². The summed E-state index contributed by atoms with van der Waals surface area (Å²) in [6, 6.07) is 14.8. The van der Waals surface area contributed by atoms with Crippen molar-refractivity contribution in [3.63, 3.8) is 0 Å². The molecule has 0 heterocycles. The number of para-hydroxylation sites is 1. The van der Waals surface area contributed by atoms with E-state index in [1.807, 2.05) is 18.2 Å². The second-order valence-corrected chi connectivity index (χ2v) is 5.78. The quantitative estimate of drug-likeness (QED) is 0.798. The number of ether oxygens (including phenoxy) is 1. The maximum Gasteiger partial charge on any atom is 0.124 e. The number of aryl methyl sites for hydroxylation is 1. The summed E-state index contributed by atoms with van der Waals surface area (Å²) in [5.74, 6) is 0.929. The fourth-order valence-corrected chi connectivity index (χ4v) is 2.98. The zero-order valence-electron chi connectivity index (χ0n) is 12.1. The van der Waals surface area contributed by atoms with Crippen molar-refractivity contribution in [2.75, 3.05) is 12.4 Å². The van der Waals surface area contributed by atoms with Gasteiger partial charge in [0.2, 0.25) is 0 Å². The number of hydrogen-bond acceptors (Lipinski definition) is 2. The lowest BCUT2D eigenvalue weighted by atomic mass is 10.0. The van der Waals surface area contributed by atoms with Crippen molar-refractivity contribution in [2.45, 2.75) is 26.3 Å². The number of rotatable bonds is 5. The van der Waals surface area contributed by atoms with Crippen molar-refractivity contribution < 1.29 is 4.74 Å². The van der Waals surface area contributed by atoms with Gasteiger partial charge in [-0.25, -0.2) is 0 Å². The lowest BCUT2D eigenvalue weighted by Crippen LogP contribution is -2.11. The Kier molecular flexibility index (Phi) is 5.07. The van der Waals surface area contributed by atoms with Gasteiger partial charge in [0, 0.05) is 15.7 Å². The highest BCUT2D eigenvalue weighted by Crippen LogP contribution is 2.31. The summed E-state index contributed by atoms with van der Waals surface area (Å²) in [6.45, 7) is 4.27. The molecule has 0 spiro atoms. The molecular formula is C17H20BrNO. The van der Waals surface area contributed by atoms with Crippen LogP contribution in [-0.2, 0) is 0 Å². The summed E-state index contributed by atoms with van der Waals surface area (Å²) in [5.41, 5.74) is 3.54. The molecule has 3 heteroatoms. The van der Waals surface area contributed by atoms with Crippen LogP contribution in [0.4, 0.5) is 5.69 Å². The average Bonchev–Trinajstić information content (AvgIpc) is 2.43. The zero-order chi connectivity index (χ0) is 14.5. The number of hydrogen-bond donors (Lipinski definition) is 1. The molecule has 0 bridgehead atoms. The smallest absolute Gasteiger partial charge is 0.124 e. The molecule has 106 valence electrons. The topological polar surface area (TPSA) is 21.3 Å². The van der Waals surface area contributed by atoms with Crippen LogP contribution >= 0.6 is 15.9 Å². The molecule has 2 rings (SSSR count). The van der Waals surface area contributed by atoms with Gasteiger partial charge in [0.05, 0.1) is 13.2 Å². The van der Waals surface area contributed by atoms with E-state index in [0.29, 0.717) is 0 Å². The third-order valence-corrected chi connectivity index (χ3v) is 3.76. The fraction of sp³-hybridized carbons (Fsp3) is 0.294. The first-order valence-corrected chi connectivity index (χ1v) is 7.60. The molecule has 0 radical (unpaired) electrons. The Hall–Kier alpha value is -1.48. The Bertz CT molecular complexity index is 563. The van der Waals surface area contributed by atoms with Crippen molar-refractivity contribution in [1.82, 2.24) is 0 Å². The highest BCUT2D eigenvalue weighted by molar-refractivity contribution is 9.10. The second kappa shape index (κ2) is 6.80. The first kappa shape index (κ1) is 14.9. The minimum atomic E-state index is 0.236. The van der Waals surface area contributed by atoms with E-state index in [1.165, 1.54) is 11.1 Å². The predicted molar refractivity (Wildman–Crippen MR) is 88.5 cm³/mol. The summed E-state index contributed by atoms with van der Waals surface area (Å²) < 4.78 is 6.56. The summed E-state index contributed by atoms with van der Waals surface area (Å²) in [6.07, 6.45) is 0.992. The largest absolute Gasteiger partial charge is 0.496 e. The first-order chi connectivity index (χ1) is 9.63. The monoisotopic (exact) mass is 333 g/mol. The van der Waals surface area contributed by atoms with E-state index in [9.17, 15) is 0 Å². The minimum Gasteiger partial charge on any atom is -0.496 e. The number of anilines is 1. The highest BCUT2D eigenvalue weighted by Gasteiger charge is 2.14. The van der Waals surface area contributed by atoms with Crippen LogP contribution in [0.3, 0.4) is 0 Å². The van der Waals surface area contributed by atoms with Crippen molar-refractivity contribution in [3.8, 4) is 5.75 Å². The Balaban J connectivity index is 2.28. The first-order valence-electron chi connectivity index (χ1n) is 6.80. The molecule has 20 heavy (non-hydrogen) atoms. The molecule has 2 nitrogen and oxygen atoms in total. The number of nitrogens with one attached hydrogen (secondary N) is 1. The minimum absolute atomic E-state index is 0.236. The summed E-state index contributed by atoms with van der Waals surface area (Å²) in [5, 5.41) is 3.59. The Morgan fingerprint density at radius 3 is 2.60 bits per heavy atom. The maximum absolute atomic E-state index is 5.46. The molecule has 0 aliphatic heterocycles. The third-order valence-electron chi connectivity index (χ3n) is 3.31. The Morgan fingerprint density at radius 2 is 1.95 bits per heavy atom. The van der Waals surface area contributed by atoms with Gasteiger partial charge in [-0.1, -0.05) is 41.1 Å². The van der Waals surface area contributed by atoms with Gasteiger partial charge in [-0.05, 0) is 43.2 Å². The molecular weight excluding hydrogens is 314 g/mol. The van der Waals surface area contributed by atoms with E-state index in [4.69, 9.17) is 4.74 Å². The van der Waals surface area contributed by atoms with Gasteiger partial charge >= 0.3 is 0 Å². The number of halogens is 1. The average molecular weight is 334 g/mol. The van der Waals surface area contributed by atoms with Gasteiger partial charge in [-0.2, -0.15) is 0 Å². The van der Waals surface area contributed by atoms with Crippen molar-refractivity contribution in [2.24, 2.45) is 0 Å². The van der Waals surface area contributed by atoms with Crippen LogP contribution in [0.25, 0.3) is 0 Å². The second-order valence-electron chi connectivity index (χ2n) is 4.86. The zero-order valence-corrected chi connectivity index (χ0v) is 13.7. The normalized spacial score (nSPS) is 12.0. The fourth-order valence-electron chi connectivity index (χ4n) is 2.37. The molecule has 0 saturated carbocycles. The molecule has 1 unspecified atom stereocenters. The van der Waals surface area contributed by atoms with E-state index in [2.05, 4.69) is 59.4 Å². The number of benzene rings is 2. The third kappa shape index (κ3) is 3.54. The maximum atomic E-state index is 5.46. The van der Waals surface area contributed by atoms with E-state index < -0.39 is 0 Å². The van der Waals surface area contributed by atoms with Gasteiger partial charge in [0.15, 0.2) is 0 Å². The number of methoxy groups -OCH3 is 1. The predicted octanol–water partition coefficient (Wildman–Crippen LogP) is 5.33. The SMILES string of the molecule is CCC(Nc1cc(C)cc(Br)c1)c1ccccc1OC. The molecule has 0 aromatic heterocycles. The summed E-state index contributed by atoms with van der Waals surface area (Å²) >= 11 is 3.54. The van der Waals surface area contributed by atoms with E-state index in [0.717, 1.165) is 22.3 Å². The summed E-state index contributed by atoms with van der Waals surface area (Å²) in [4.78, 5) is 0. The molecule has 0 fully saturated rings. The summed E-state index contributed by atoms with van der Waals surface area (Å²) in [7, 11) is 1.72. The van der Waals surface area contributed by atoms with Crippen molar-refractivity contribution in [3.05, 3.63) is 58.1 Å². The standard InChI is InChI=1S/C17H20BrNO/c1-4-16(15-7-5-6-8-17(15)20-3)19-14-10-12(2)9-13(18)11-14/h5-11,16,19H,4H2,1-3H3. The molecule has 2 aromatic carbocycles. The van der Waals surface area contributed by atoms with Crippen molar-refractivity contribution in [1.29, 1.82) is 0 Å². The van der Waals surface area contributed by atoms with Crippen LogP contribution in [-0.4, -0.2) is 7.11 Å². The molecule has 2 aromatic rings. The molecule has 0 aliphatic carbocycles. The molecule has 1 N–H and O–H groups in total. The lowest BCUT2D eigenvalue weighted by Gasteiger charge is -2.21. The van der Waals surface area contributed by atoms with Crippen molar-refractivity contribution >= 4 is 21.6 Å². The van der Waals surface area contributed by atoms with Crippen LogP contribution in [0.2, 0.25) is 0 Å².